The number of aliphatic hydroxyl groups excluding tert-OH is 1. The number of hydrogen-bond donors (Lipinski definition) is 2. The molecule has 0 bridgehead atoms. The predicted molar refractivity (Wildman–Crippen MR) is 57.0 cm³/mol. The monoisotopic (exact) mass is 230 g/mol. The number of rotatable bonds is 3. The quantitative estimate of drug-likeness (QED) is 0.705. The van der Waals surface area contributed by atoms with E-state index in [0.29, 0.717) is 13.0 Å². The minimum atomic E-state index is -0.868. The van der Waals surface area contributed by atoms with Crippen molar-refractivity contribution in [3.05, 3.63) is 0 Å². The maximum absolute atomic E-state index is 11.8. The molecule has 0 saturated carbocycles. The summed E-state index contributed by atoms with van der Waals surface area (Å²) in [6.07, 6.45) is 0.473. The lowest BCUT2D eigenvalue weighted by molar-refractivity contribution is -0.147. The van der Waals surface area contributed by atoms with Gasteiger partial charge in [0.1, 0.15) is 0 Å². The summed E-state index contributed by atoms with van der Waals surface area (Å²) in [4.78, 5) is 25.7. The Kier molecular flexibility index (Phi) is 3.74. The molecule has 0 aromatic carbocycles. The van der Waals surface area contributed by atoms with Gasteiger partial charge in [0.2, 0.25) is 0 Å². The molecule has 92 valence electrons. The van der Waals surface area contributed by atoms with Crippen LogP contribution in [0.25, 0.3) is 0 Å². The maximum atomic E-state index is 11.8. The van der Waals surface area contributed by atoms with Crippen molar-refractivity contribution in [1.29, 1.82) is 0 Å². The van der Waals surface area contributed by atoms with Crippen LogP contribution in [-0.4, -0.2) is 65.3 Å². The first-order chi connectivity index (χ1) is 7.40. The van der Waals surface area contributed by atoms with Crippen molar-refractivity contribution in [3.8, 4) is 0 Å². The van der Waals surface area contributed by atoms with Gasteiger partial charge in [0, 0.05) is 26.7 Å². The second-order valence-corrected chi connectivity index (χ2v) is 4.47. The van der Waals surface area contributed by atoms with Gasteiger partial charge in [-0.25, -0.2) is 4.79 Å². The Bertz CT molecular complexity index is 295. The summed E-state index contributed by atoms with van der Waals surface area (Å²) in [5, 5.41) is 17.7. The van der Waals surface area contributed by atoms with Gasteiger partial charge >= 0.3 is 12.0 Å². The molecule has 0 aromatic heterocycles. The molecule has 1 saturated heterocycles. The van der Waals surface area contributed by atoms with E-state index < -0.39 is 11.4 Å². The van der Waals surface area contributed by atoms with Crippen LogP contribution in [0.3, 0.4) is 0 Å². The number of carbonyl (C=O) groups is 2. The number of urea groups is 1. The molecule has 0 aromatic rings. The van der Waals surface area contributed by atoms with Crippen molar-refractivity contribution in [2.24, 2.45) is 5.41 Å². The molecule has 0 aliphatic carbocycles. The highest BCUT2D eigenvalue weighted by molar-refractivity contribution is 5.79. The van der Waals surface area contributed by atoms with Crippen LogP contribution in [-0.2, 0) is 4.79 Å². The third-order valence-electron chi connectivity index (χ3n) is 3.02. The topological polar surface area (TPSA) is 81.1 Å². The summed E-state index contributed by atoms with van der Waals surface area (Å²) in [6, 6.07) is -0.223. The Hall–Kier alpha value is -1.30. The van der Waals surface area contributed by atoms with Crippen LogP contribution in [0.4, 0.5) is 4.79 Å². The van der Waals surface area contributed by atoms with E-state index in [-0.39, 0.29) is 25.7 Å². The molecule has 16 heavy (non-hydrogen) atoms. The number of likely N-dealkylation sites (N-methyl/N-ethyl adjacent to an activating group) is 1. The molecule has 1 rings (SSSR count). The second-order valence-electron chi connectivity index (χ2n) is 4.47. The van der Waals surface area contributed by atoms with Gasteiger partial charge in [-0.2, -0.15) is 0 Å². The number of carboxylic acids is 1. The van der Waals surface area contributed by atoms with Crippen molar-refractivity contribution >= 4 is 12.0 Å². The SMILES string of the molecule is CN(CCO)C(=O)N1CCC(C)(C(=O)O)C1. The third kappa shape index (κ3) is 2.44. The Labute approximate surface area is 94.4 Å². The molecule has 1 atom stereocenters. The first kappa shape index (κ1) is 12.8. The number of carbonyl (C=O) groups excluding carboxylic acids is 1. The number of amides is 2. The van der Waals surface area contributed by atoms with E-state index in [1.165, 1.54) is 9.80 Å². The van der Waals surface area contributed by atoms with E-state index in [4.69, 9.17) is 10.2 Å². The zero-order chi connectivity index (χ0) is 12.3. The average Bonchev–Trinajstić information content (AvgIpc) is 2.61. The molecule has 6 heteroatoms. The van der Waals surface area contributed by atoms with Crippen LogP contribution in [0.5, 0.6) is 0 Å². The van der Waals surface area contributed by atoms with E-state index in [0.717, 1.165) is 0 Å². The first-order valence-electron chi connectivity index (χ1n) is 5.25. The van der Waals surface area contributed by atoms with Gasteiger partial charge in [-0.05, 0) is 13.3 Å². The Morgan fingerprint density at radius 3 is 2.56 bits per heavy atom. The number of likely N-dealkylation sites (tertiary alicyclic amines) is 1. The van der Waals surface area contributed by atoms with Crippen LogP contribution in [0.15, 0.2) is 0 Å². The molecule has 1 unspecified atom stereocenters. The molecule has 1 heterocycles. The van der Waals surface area contributed by atoms with Gasteiger partial charge in [-0.1, -0.05) is 0 Å². The van der Waals surface area contributed by atoms with Crippen molar-refractivity contribution in [2.45, 2.75) is 13.3 Å². The largest absolute Gasteiger partial charge is 0.481 e. The molecule has 2 N–H and O–H groups in total. The van der Waals surface area contributed by atoms with Gasteiger partial charge < -0.3 is 20.0 Å². The fraction of sp³-hybridized carbons (Fsp3) is 0.800. The highest BCUT2D eigenvalue weighted by atomic mass is 16.4. The molecule has 1 fully saturated rings. The van der Waals surface area contributed by atoms with Crippen molar-refractivity contribution in [3.63, 3.8) is 0 Å². The van der Waals surface area contributed by atoms with E-state index in [1.807, 2.05) is 0 Å². The number of nitrogens with zero attached hydrogens (tertiary/aromatic N) is 2. The Morgan fingerprint density at radius 1 is 1.50 bits per heavy atom. The second kappa shape index (κ2) is 4.69. The molecule has 1 aliphatic rings. The lowest BCUT2D eigenvalue weighted by atomic mass is 9.90. The number of carboxylic acid groups (broad SMARTS) is 1. The third-order valence-corrected chi connectivity index (χ3v) is 3.02. The van der Waals surface area contributed by atoms with Crippen molar-refractivity contribution in [1.82, 2.24) is 9.80 Å². The molecular weight excluding hydrogens is 212 g/mol. The zero-order valence-electron chi connectivity index (χ0n) is 9.64. The van der Waals surface area contributed by atoms with Gasteiger partial charge in [0.05, 0.1) is 12.0 Å². The van der Waals surface area contributed by atoms with Crippen LogP contribution in [0, 0.1) is 5.41 Å². The van der Waals surface area contributed by atoms with Crippen LogP contribution < -0.4 is 0 Å². The molecule has 0 spiro atoms. The number of aliphatic carboxylic acids is 1. The minimum absolute atomic E-state index is 0.0910. The highest BCUT2D eigenvalue weighted by Crippen LogP contribution is 2.30. The molecule has 1 aliphatic heterocycles. The average molecular weight is 230 g/mol. The fourth-order valence-electron chi connectivity index (χ4n) is 1.79. The van der Waals surface area contributed by atoms with Crippen LogP contribution >= 0.6 is 0 Å². The molecular formula is C10H18N2O4. The fourth-order valence-corrected chi connectivity index (χ4v) is 1.79. The minimum Gasteiger partial charge on any atom is -0.481 e. The Morgan fingerprint density at radius 2 is 2.12 bits per heavy atom. The van der Waals surface area contributed by atoms with Gasteiger partial charge in [0.25, 0.3) is 0 Å². The van der Waals surface area contributed by atoms with Gasteiger partial charge in [-0.15, -0.1) is 0 Å². The van der Waals surface area contributed by atoms with Crippen molar-refractivity contribution in [2.75, 3.05) is 33.3 Å². The lowest BCUT2D eigenvalue weighted by Gasteiger charge is -2.25. The maximum Gasteiger partial charge on any atom is 0.319 e. The summed E-state index contributed by atoms with van der Waals surface area (Å²) in [7, 11) is 1.59. The Balaban J connectivity index is 2.59. The summed E-state index contributed by atoms with van der Waals surface area (Å²) < 4.78 is 0. The predicted octanol–water partition coefficient (Wildman–Crippen LogP) is -0.173. The summed E-state index contributed by atoms with van der Waals surface area (Å²) >= 11 is 0. The first-order valence-corrected chi connectivity index (χ1v) is 5.25. The van der Waals surface area contributed by atoms with E-state index in [1.54, 1.807) is 14.0 Å². The standard InChI is InChI=1S/C10H18N2O4/c1-10(8(14)15)3-4-12(7-10)9(16)11(2)5-6-13/h13H,3-7H2,1-2H3,(H,14,15). The van der Waals surface area contributed by atoms with E-state index in [9.17, 15) is 9.59 Å². The molecule has 2 amide bonds. The molecule has 6 nitrogen and oxygen atoms in total. The van der Waals surface area contributed by atoms with Crippen LogP contribution in [0.1, 0.15) is 13.3 Å². The summed E-state index contributed by atoms with van der Waals surface area (Å²) in [5.41, 5.74) is -0.838. The smallest absolute Gasteiger partial charge is 0.319 e. The highest BCUT2D eigenvalue weighted by Gasteiger charge is 2.42. The van der Waals surface area contributed by atoms with Gasteiger partial charge in [0.15, 0.2) is 0 Å². The normalized spacial score (nSPS) is 24.6. The lowest BCUT2D eigenvalue weighted by Crippen LogP contribution is -2.42. The van der Waals surface area contributed by atoms with Crippen LogP contribution in [0.2, 0.25) is 0 Å². The zero-order valence-corrected chi connectivity index (χ0v) is 9.64. The molecule has 0 radical (unpaired) electrons. The summed E-state index contributed by atoms with van der Waals surface area (Å²) in [6.45, 7) is 2.51. The number of hydrogen-bond acceptors (Lipinski definition) is 3. The number of aliphatic hydroxyl groups is 1. The van der Waals surface area contributed by atoms with Crippen molar-refractivity contribution < 1.29 is 19.8 Å². The summed E-state index contributed by atoms with van der Waals surface area (Å²) in [5.74, 6) is -0.868. The van der Waals surface area contributed by atoms with Gasteiger partial charge in [-0.3, -0.25) is 4.79 Å². The van der Waals surface area contributed by atoms with E-state index >= 15 is 0 Å². The van der Waals surface area contributed by atoms with E-state index in [2.05, 4.69) is 0 Å².